The van der Waals surface area contributed by atoms with E-state index in [-0.39, 0.29) is 35.8 Å². The van der Waals surface area contributed by atoms with Crippen LogP contribution in [-0.4, -0.2) is 71.0 Å². The van der Waals surface area contributed by atoms with Crippen molar-refractivity contribution in [2.75, 3.05) is 31.1 Å². The number of halogens is 1. The molecule has 0 N–H and O–H groups in total. The van der Waals surface area contributed by atoms with Crippen LogP contribution in [0.15, 0.2) is 35.7 Å². The highest BCUT2D eigenvalue weighted by Gasteiger charge is 2.31. The molecule has 182 valence electrons. The van der Waals surface area contributed by atoms with Crippen LogP contribution in [0.3, 0.4) is 0 Å². The fourth-order valence-corrected chi connectivity index (χ4v) is 5.64. The Hall–Kier alpha value is -2.62. The van der Waals surface area contributed by atoms with Gasteiger partial charge in [0.15, 0.2) is 5.13 Å². The zero-order chi connectivity index (χ0) is 24.2. The number of morpholine rings is 1. The molecular weight excluding hydrogens is 455 g/mol. The number of likely N-dealkylation sites (tertiary alicyclic amines) is 1. The lowest BCUT2D eigenvalue weighted by atomic mass is 10.1. The normalized spacial score (nSPS) is 23.5. The second kappa shape index (κ2) is 10.8. The Balaban J connectivity index is 1.42. The quantitative estimate of drug-likeness (QED) is 0.576. The molecular formula is C25H31FN4O3S. The number of rotatable bonds is 6. The van der Waals surface area contributed by atoms with Crippen LogP contribution in [0, 0.1) is 5.82 Å². The number of hydrogen-bond donors (Lipinski definition) is 0. The Kier molecular flexibility index (Phi) is 7.75. The van der Waals surface area contributed by atoms with Crippen molar-refractivity contribution in [3.63, 3.8) is 0 Å². The van der Waals surface area contributed by atoms with E-state index >= 15 is 0 Å². The number of hydrogen-bond acceptors (Lipinski definition) is 6. The van der Waals surface area contributed by atoms with Gasteiger partial charge in [0.2, 0.25) is 11.8 Å². The maximum Gasteiger partial charge on any atom is 0.246 e. The van der Waals surface area contributed by atoms with Gasteiger partial charge in [0.1, 0.15) is 5.82 Å². The van der Waals surface area contributed by atoms with E-state index in [9.17, 15) is 14.0 Å². The molecule has 0 spiro atoms. The van der Waals surface area contributed by atoms with Crippen molar-refractivity contribution in [2.24, 2.45) is 0 Å². The SMILES string of the molecule is CC(=O)N(c1nc(/C=C/C(=O)N2CCCC2CN2CC(C)OC(C)C2)cs1)c1ccccc1F. The monoisotopic (exact) mass is 486 g/mol. The van der Waals surface area contributed by atoms with Crippen LogP contribution >= 0.6 is 11.3 Å². The lowest BCUT2D eigenvalue weighted by Gasteiger charge is -2.38. The van der Waals surface area contributed by atoms with Gasteiger partial charge in [0.25, 0.3) is 0 Å². The summed E-state index contributed by atoms with van der Waals surface area (Å²) in [4.78, 5) is 35.2. The molecule has 0 radical (unpaired) electrons. The van der Waals surface area contributed by atoms with E-state index in [2.05, 4.69) is 23.7 Å². The van der Waals surface area contributed by atoms with Gasteiger partial charge in [-0.2, -0.15) is 0 Å². The number of carbonyl (C=O) groups excluding carboxylic acids is 2. The fraction of sp³-hybridized carbons (Fsp3) is 0.480. The third kappa shape index (κ3) is 5.71. The summed E-state index contributed by atoms with van der Waals surface area (Å²) in [5.74, 6) is -0.869. The predicted octanol–water partition coefficient (Wildman–Crippen LogP) is 4.08. The van der Waals surface area contributed by atoms with E-state index in [0.29, 0.717) is 10.8 Å². The predicted molar refractivity (Wildman–Crippen MR) is 132 cm³/mol. The first kappa shape index (κ1) is 24.5. The van der Waals surface area contributed by atoms with Crippen LogP contribution in [0.25, 0.3) is 6.08 Å². The number of ether oxygens (including phenoxy) is 1. The largest absolute Gasteiger partial charge is 0.373 e. The molecule has 2 aliphatic heterocycles. The number of para-hydroxylation sites is 1. The molecule has 2 aromatic rings. The van der Waals surface area contributed by atoms with E-state index in [1.54, 1.807) is 35.7 Å². The molecule has 34 heavy (non-hydrogen) atoms. The molecule has 0 bridgehead atoms. The summed E-state index contributed by atoms with van der Waals surface area (Å²) in [5.41, 5.74) is 0.713. The van der Waals surface area contributed by atoms with Gasteiger partial charge in [-0.1, -0.05) is 12.1 Å². The number of amides is 2. The molecule has 3 atom stereocenters. The summed E-state index contributed by atoms with van der Waals surface area (Å²) in [5, 5.41) is 2.12. The van der Waals surface area contributed by atoms with Crippen LogP contribution in [0.4, 0.5) is 15.2 Å². The number of aromatic nitrogens is 1. The third-order valence-corrected chi connectivity index (χ3v) is 6.97. The summed E-state index contributed by atoms with van der Waals surface area (Å²) in [7, 11) is 0. The highest BCUT2D eigenvalue weighted by atomic mass is 32.1. The summed E-state index contributed by atoms with van der Waals surface area (Å²) in [6, 6.07) is 6.29. The van der Waals surface area contributed by atoms with Gasteiger partial charge in [0, 0.05) is 50.6 Å². The molecule has 2 aliphatic rings. The first-order valence-electron chi connectivity index (χ1n) is 11.7. The first-order valence-corrected chi connectivity index (χ1v) is 12.6. The molecule has 2 amide bonds. The number of nitrogens with zero attached hydrogens (tertiary/aromatic N) is 4. The van der Waals surface area contributed by atoms with E-state index in [4.69, 9.17) is 4.74 Å². The molecule has 1 aromatic carbocycles. The van der Waals surface area contributed by atoms with Gasteiger partial charge >= 0.3 is 0 Å². The minimum absolute atomic E-state index is 0.0380. The third-order valence-electron chi connectivity index (χ3n) is 6.13. The molecule has 2 fully saturated rings. The molecule has 3 unspecified atom stereocenters. The van der Waals surface area contributed by atoms with E-state index in [0.717, 1.165) is 39.0 Å². The summed E-state index contributed by atoms with van der Waals surface area (Å²) in [6.45, 7) is 8.92. The van der Waals surface area contributed by atoms with Crippen molar-refractivity contribution in [1.29, 1.82) is 0 Å². The van der Waals surface area contributed by atoms with Crippen molar-refractivity contribution >= 4 is 40.0 Å². The van der Waals surface area contributed by atoms with Crippen molar-refractivity contribution in [3.8, 4) is 0 Å². The molecule has 0 aliphatic carbocycles. The lowest BCUT2D eigenvalue weighted by molar-refractivity contribution is -0.127. The molecule has 2 saturated heterocycles. The maximum atomic E-state index is 14.3. The van der Waals surface area contributed by atoms with Gasteiger partial charge in [-0.05, 0) is 44.9 Å². The molecule has 4 rings (SSSR count). The number of carbonyl (C=O) groups is 2. The maximum absolute atomic E-state index is 14.3. The number of thiazole rings is 1. The van der Waals surface area contributed by atoms with Crippen molar-refractivity contribution in [2.45, 2.75) is 51.9 Å². The topological polar surface area (TPSA) is 66.0 Å². The van der Waals surface area contributed by atoms with Crippen LogP contribution in [0.5, 0.6) is 0 Å². The second-order valence-electron chi connectivity index (χ2n) is 9.00. The van der Waals surface area contributed by atoms with Gasteiger partial charge in [-0.3, -0.25) is 19.4 Å². The Bertz CT molecular complexity index is 1050. The summed E-state index contributed by atoms with van der Waals surface area (Å²) < 4.78 is 20.1. The molecule has 0 saturated carbocycles. The molecule has 7 nitrogen and oxygen atoms in total. The van der Waals surface area contributed by atoms with Crippen molar-refractivity contribution in [3.05, 3.63) is 47.2 Å². The Labute approximate surface area is 203 Å². The minimum atomic E-state index is -0.496. The van der Waals surface area contributed by atoms with E-state index in [1.807, 2.05) is 4.90 Å². The summed E-state index contributed by atoms with van der Waals surface area (Å²) in [6.07, 6.45) is 5.60. The zero-order valence-corrected chi connectivity index (χ0v) is 20.6. The van der Waals surface area contributed by atoms with Crippen LogP contribution in [0.1, 0.15) is 39.3 Å². The standard InChI is InChI=1S/C25H31FN4O3S/c1-17-13-28(14-18(2)33-17)15-21-7-6-12-29(21)24(32)11-10-20-16-34-25(27-20)30(19(3)31)23-9-5-4-8-22(23)26/h4-5,8-11,16-18,21H,6-7,12-15H2,1-3H3/b11-10+. The zero-order valence-electron chi connectivity index (χ0n) is 19.8. The van der Waals surface area contributed by atoms with Gasteiger partial charge in [-0.15, -0.1) is 11.3 Å². The van der Waals surface area contributed by atoms with Crippen molar-refractivity contribution < 1.29 is 18.7 Å². The van der Waals surface area contributed by atoms with Crippen molar-refractivity contribution in [1.82, 2.24) is 14.8 Å². The Morgan fingerprint density at radius 3 is 2.71 bits per heavy atom. The number of benzene rings is 1. The Morgan fingerprint density at radius 1 is 1.26 bits per heavy atom. The van der Waals surface area contributed by atoms with E-state index < -0.39 is 5.82 Å². The first-order chi connectivity index (χ1) is 16.3. The fourth-order valence-electron chi connectivity index (χ4n) is 4.80. The number of anilines is 2. The highest BCUT2D eigenvalue weighted by molar-refractivity contribution is 7.14. The van der Waals surface area contributed by atoms with Gasteiger partial charge < -0.3 is 9.64 Å². The van der Waals surface area contributed by atoms with E-state index in [1.165, 1.54) is 29.2 Å². The Morgan fingerprint density at radius 2 is 2.00 bits per heavy atom. The van der Waals surface area contributed by atoms with Crippen LogP contribution in [0.2, 0.25) is 0 Å². The smallest absolute Gasteiger partial charge is 0.246 e. The average Bonchev–Trinajstić information content (AvgIpc) is 3.42. The molecule has 9 heteroatoms. The molecule has 3 heterocycles. The molecule has 1 aromatic heterocycles. The minimum Gasteiger partial charge on any atom is -0.373 e. The van der Waals surface area contributed by atoms with Gasteiger partial charge in [-0.25, -0.2) is 9.37 Å². The second-order valence-corrected chi connectivity index (χ2v) is 9.83. The highest BCUT2D eigenvalue weighted by Crippen LogP contribution is 2.31. The lowest BCUT2D eigenvalue weighted by Crippen LogP contribution is -2.50. The van der Waals surface area contributed by atoms with Gasteiger partial charge in [0.05, 0.1) is 23.6 Å². The van der Waals surface area contributed by atoms with Crippen LogP contribution < -0.4 is 4.90 Å². The average molecular weight is 487 g/mol. The summed E-state index contributed by atoms with van der Waals surface area (Å²) >= 11 is 1.23. The van der Waals surface area contributed by atoms with Crippen LogP contribution in [-0.2, 0) is 14.3 Å².